The number of nitrogens with zero attached hydrogens (tertiary/aromatic N) is 3. The molecular weight excluding hydrogens is 528 g/mol. The second-order valence-electron chi connectivity index (χ2n) is 11.7. The van der Waals surface area contributed by atoms with Crippen molar-refractivity contribution < 1.29 is 9.90 Å². The normalized spacial score (nSPS) is 16.4. The molecule has 2 aliphatic rings. The maximum absolute atomic E-state index is 14.3. The number of carbonyl (C=O) groups excluding carboxylic acids is 1. The molecule has 2 heterocycles. The zero-order chi connectivity index (χ0) is 29.3. The molecule has 3 aromatic carbocycles. The number of carbonyl (C=O) groups is 1. The van der Waals surface area contributed by atoms with Gasteiger partial charge in [0, 0.05) is 26.1 Å². The Morgan fingerprint density at radius 3 is 2.52 bits per heavy atom. The highest BCUT2D eigenvalue weighted by atomic mass is 16.3. The molecule has 4 aromatic rings. The number of aromatic hydroxyl groups is 1. The fraction of sp³-hybridized carbons (Fsp3) is 0.364. The summed E-state index contributed by atoms with van der Waals surface area (Å²) in [7, 11) is 0. The summed E-state index contributed by atoms with van der Waals surface area (Å²) in [6, 6.07) is 21.9. The Morgan fingerprint density at radius 1 is 1.00 bits per heavy atom. The summed E-state index contributed by atoms with van der Waals surface area (Å²) in [6.45, 7) is 1.60. The molecule has 1 saturated heterocycles. The van der Waals surface area contributed by atoms with Gasteiger partial charge in [-0.25, -0.2) is 4.79 Å². The number of H-pyrrole nitrogens is 1. The van der Waals surface area contributed by atoms with Crippen molar-refractivity contribution in [1.29, 1.82) is 0 Å². The van der Waals surface area contributed by atoms with E-state index < -0.39 is 11.7 Å². The van der Waals surface area contributed by atoms with Gasteiger partial charge >= 0.3 is 5.69 Å². The van der Waals surface area contributed by atoms with Crippen molar-refractivity contribution in [2.75, 3.05) is 19.6 Å². The van der Waals surface area contributed by atoms with E-state index in [1.54, 1.807) is 0 Å². The maximum atomic E-state index is 14.3. The van der Waals surface area contributed by atoms with Crippen LogP contribution in [0.3, 0.4) is 0 Å². The van der Waals surface area contributed by atoms with Gasteiger partial charge in [-0.1, -0.05) is 66.7 Å². The average Bonchev–Trinajstić information content (AvgIpc) is 3.49. The zero-order valence-corrected chi connectivity index (χ0v) is 23.8. The van der Waals surface area contributed by atoms with E-state index in [2.05, 4.69) is 40.3 Å². The van der Waals surface area contributed by atoms with Crippen molar-refractivity contribution in [3.05, 3.63) is 99.6 Å². The number of amides is 1. The van der Waals surface area contributed by atoms with Crippen LogP contribution in [-0.2, 0) is 29.5 Å². The van der Waals surface area contributed by atoms with Crippen LogP contribution in [0.1, 0.15) is 54.1 Å². The molecule has 1 amide bonds. The van der Waals surface area contributed by atoms with Crippen LogP contribution in [0.4, 0.5) is 0 Å². The molecule has 1 aromatic heterocycles. The second kappa shape index (κ2) is 11.4. The highest BCUT2D eigenvalue weighted by molar-refractivity contribution is 5.84. The number of nitrogens with one attached hydrogen (secondary N) is 1. The quantitative estimate of drug-likeness (QED) is 0.147. The van der Waals surface area contributed by atoms with Crippen molar-refractivity contribution in [2.24, 2.45) is 16.5 Å². The van der Waals surface area contributed by atoms with E-state index >= 15 is 0 Å². The minimum atomic E-state index is -0.883. The number of aryl methyl sites for hydroxylation is 2. The Kier molecular flexibility index (Phi) is 7.49. The van der Waals surface area contributed by atoms with Gasteiger partial charge in [0.15, 0.2) is 5.96 Å². The summed E-state index contributed by atoms with van der Waals surface area (Å²) in [5, 5.41) is 13.4. The number of likely N-dealkylation sites (tertiary alicyclic amines) is 1. The average molecular weight is 567 g/mol. The molecule has 1 aliphatic heterocycles. The SMILES string of the molecule is NC(N)=NCCCc1[nH]c(=O)n([C@H](Cc2ccc3ccccc3c2)C(=O)N2CCC3(CCc4ccccc43)CC2)c1O. The van der Waals surface area contributed by atoms with E-state index in [4.69, 9.17) is 11.5 Å². The molecule has 0 radical (unpaired) electrons. The fourth-order valence-corrected chi connectivity index (χ4v) is 6.94. The summed E-state index contributed by atoms with van der Waals surface area (Å²) in [6.07, 6.45) is 5.15. The van der Waals surface area contributed by atoms with Crippen LogP contribution < -0.4 is 17.2 Å². The van der Waals surface area contributed by atoms with Gasteiger partial charge in [-0.3, -0.25) is 14.4 Å². The van der Waals surface area contributed by atoms with E-state index in [1.165, 1.54) is 15.7 Å². The lowest BCUT2D eigenvalue weighted by atomic mass is 9.73. The second-order valence-corrected chi connectivity index (χ2v) is 11.7. The van der Waals surface area contributed by atoms with Crippen LogP contribution >= 0.6 is 0 Å². The largest absolute Gasteiger partial charge is 0.493 e. The van der Waals surface area contributed by atoms with Crippen LogP contribution in [0.2, 0.25) is 0 Å². The predicted octanol–water partition coefficient (Wildman–Crippen LogP) is 3.53. The van der Waals surface area contributed by atoms with Gasteiger partial charge in [-0.15, -0.1) is 0 Å². The number of fused-ring (bicyclic) bond motifs is 3. The molecule has 9 nitrogen and oxygen atoms in total. The minimum absolute atomic E-state index is 0.00395. The molecule has 9 heteroatoms. The molecule has 1 fully saturated rings. The Morgan fingerprint density at radius 2 is 1.74 bits per heavy atom. The Labute approximate surface area is 244 Å². The van der Waals surface area contributed by atoms with Crippen molar-refractivity contribution in [1.82, 2.24) is 14.5 Å². The topological polar surface area (TPSA) is 143 Å². The first-order valence-corrected chi connectivity index (χ1v) is 14.8. The fourth-order valence-electron chi connectivity index (χ4n) is 6.94. The third-order valence-electron chi connectivity index (χ3n) is 9.19. The molecule has 6 rings (SSSR count). The van der Waals surface area contributed by atoms with E-state index in [-0.39, 0.29) is 29.6 Å². The molecule has 0 unspecified atom stereocenters. The van der Waals surface area contributed by atoms with Gasteiger partial charge in [0.2, 0.25) is 11.8 Å². The van der Waals surface area contributed by atoms with Gasteiger partial charge < -0.3 is 26.5 Å². The number of piperidine rings is 1. The third kappa shape index (κ3) is 5.26. The van der Waals surface area contributed by atoms with Gasteiger partial charge in [0.25, 0.3) is 0 Å². The van der Waals surface area contributed by atoms with Crippen LogP contribution in [0.5, 0.6) is 5.88 Å². The van der Waals surface area contributed by atoms with E-state index in [1.807, 2.05) is 41.3 Å². The van der Waals surface area contributed by atoms with Crippen LogP contribution in [0, 0.1) is 0 Å². The van der Waals surface area contributed by atoms with Gasteiger partial charge in [-0.2, -0.15) is 0 Å². The lowest BCUT2D eigenvalue weighted by Gasteiger charge is -2.41. The number of aromatic nitrogens is 2. The van der Waals surface area contributed by atoms with E-state index in [9.17, 15) is 14.7 Å². The van der Waals surface area contributed by atoms with Crippen LogP contribution in [0.15, 0.2) is 76.5 Å². The van der Waals surface area contributed by atoms with Crippen LogP contribution in [-0.4, -0.2) is 51.1 Å². The molecule has 42 heavy (non-hydrogen) atoms. The molecule has 6 N–H and O–H groups in total. The number of nitrogens with two attached hydrogens (primary N) is 2. The molecule has 0 bridgehead atoms. The minimum Gasteiger partial charge on any atom is -0.493 e. The maximum Gasteiger partial charge on any atom is 0.329 e. The Balaban J connectivity index is 1.28. The first-order valence-electron chi connectivity index (χ1n) is 14.8. The monoisotopic (exact) mass is 566 g/mol. The van der Waals surface area contributed by atoms with Gasteiger partial charge in [-0.05, 0) is 71.4 Å². The first-order chi connectivity index (χ1) is 20.3. The number of rotatable bonds is 8. The van der Waals surface area contributed by atoms with Gasteiger partial charge in [0.1, 0.15) is 6.04 Å². The Hall–Kier alpha value is -4.53. The summed E-state index contributed by atoms with van der Waals surface area (Å²) in [4.78, 5) is 36.2. The van der Waals surface area contributed by atoms with Crippen molar-refractivity contribution in [3.63, 3.8) is 0 Å². The molecule has 1 atom stereocenters. The molecule has 1 aliphatic carbocycles. The lowest BCUT2D eigenvalue weighted by Crippen LogP contribution is -2.48. The van der Waals surface area contributed by atoms with Crippen LogP contribution in [0.25, 0.3) is 10.8 Å². The number of hydrogen-bond acceptors (Lipinski definition) is 4. The highest BCUT2D eigenvalue weighted by Crippen LogP contribution is 2.46. The number of imidazole rings is 1. The molecule has 0 saturated carbocycles. The predicted molar refractivity (Wildman–Crippen MR) is 165 cm³/mol. The summed E-state index contributed by atoms with van der Waals surface area (Å²) >= 11 is 0. The summed E-state index contributed by atoms with van der Waals surface area (Å²) in [5.41, 5.74) is 14.6. The zero-order valence-electron chi connectivity index (χ0n) is 23.8. The standard InChI is InChI=1S/C33H38N6O3/c34-31(35)36-17-5-10-27-29(40)39(32(42)37-27)28(21-22-11-12-23-6-1-2-8-25(23)20-22)30(41)38-18-15-33(16-19-38)14-13-24-7-3-4-9-26(24)33/h1-4,6-9,11-12,20,28,40H,5,10,13-19,21H2,(H,37,42)(H4,34,35,36)/t28-/m1/s1. The van der Waals surface area contributed by atoms with Crippen molar-refractivity contribution in [3.8, 4) is 5.88 Å². The summed E-state index contributed by atoms with van der Waals surface area (Å²) in [5.74, 6) is -0.356. The van der Waals surface area contributed by atoms with Crippen molar-refractivity contribution >= 4 is 22.6 Å². The smallest absolute Gasteiger partial charge is 0.329 e. The molecule has 218 valence electrons. The van der Waals surface area contributed by atoms with Gasteiger partial charge in [0.05, 0.1) is 5.69 Å². The Bertz CT molecular complexity index is 1690. The molecule has 1 spiro atoms. The third-order valence-corrected chi connectivity index (χ3v) is 9.19. The van der Waals surface area contributed by atoms with Crippen molar-refractivity contribution in [2.45, 2.75) is 56.4 Å². The number of aromatic amines is 1. The number of benzene rings is 3. The lowest BCUT2D eigenvalue weighted by molar-refractivity contribution is -0.136. The highest BCUT2D eigenvalue weighted by Gasteiger charge is 2.43. The number of guanidine groups is 1. The number of hydrogen-bond donors (Lipinski definition) is 4. The molecular formula is C33H38N6O3. The van der Waals surface area contributed by atoms with E-state index in [0.717, 1.165) is 42.0 Å². The number of aliphatic imine (C=N–C) groups is 1. The summed E-state index contributed by atoms with van der Waals surface area (Å²) < 4.78 is 1.24. The first kappa shape index (κ1) is 27.6. The van der Waals surface area contributed by atoms with E-state index in [0.29, 0.717) is 38.2 Å².